The predicted octanol–water partition coefficient (Wildman–Crippen LogP) is 1.01. The van der Waals surface area contributed by atoms with Gasteiger partial charge in [0.15, 0.2) is 0 Å². The Hall–Kier alpha value is -1.58. The summed E-state index contributed by atoms with van der Waals surface area (Å²) in [6, 6.07) is 3.59. The highest BCUT2D eigenvalue weighted by atomic mass is 16.5. The number of amides is 1. The molecule has 0 aliphatic rings. The van der Waals surface area contributed by atoms with Gasteiger partial charge in [-0.2, -0.15) is 0 Å². The zero-order valence-corrected chi connectivity index (χ0v) is 8.63. The molecule has 1 rings (SSSR count). The molecule has 76 valence electrons. The largest absolute Gasteiger partial charge is 0.481 e. The van der Waals surface area contributed by atoms with Crippen LogP contribution in [0.3, 0.4) is 0 Å². The zero-order valence-electron chi connectivity index (χ0n) is 8.63. The first-order chi connectivity index (χ1) is 6.71. The van der Waals surface area contributed by atoms with Gasteiger partial charge < -0.3 is 10.1 Å². The zero-order chi connectivity index (χ0) is 10.6. The van der Waals surface area contributed by atoms with Crippen molar-refractivity contribution in [2.75, 3.05) is 14.2 Å². The highest BCUT2D eigenvalue weighted by Crippen LogP contribution is 2.12. The summed E-state index contributed by atoms with van der Waals surface area (Å²) in [4.78, 5) is 15.4. The fraction of sp³-hybridized carbons (Fsp3) is 0.400. The number of aryl methyl sites for hydroxylation is 1. The molecule has 0 saturated carbocycles. The molecule has 0 atom stereocenters. The molecule has 1 heterocycles. The maximum atomic E-state index is 11.3. The molecule has 4 heteroatoms. The molecule has 14 heavy (non-hydrogen) atoms. The van der Waals surface area contributed by atoms with E-state index in [1.807, 2.05) is 13.0 Å². The molecule has 0 saturated heterocycles. The smallest absolute Gasteiger partial charge is 0.269 e. The van der Waals surface area contributed by atoms with Crippen LogP contribution in [0.25, 0.3) is 0 Å². The minimum atomic E-state index is -0.196. The van der Waals surface area contributed by atoms with Crippen LogP contribution in [0.1, 0.15) is 23.0 Å². The normalized spacial score (nSPS) is 9.64. The highest BCUT2D eigenvalue weighted by Gasteiger charge is 2.08. The van der Waals surface area contributed by atoms with E-state index < -0.39 is 0 Å². The van der Waals surface area contributed by atoms with E-state index in [1.165, 1.54) is 7.11 Å². The Balaban J connectivity index is 3.10. The summed E-state index contributed by atoms with van der Waals surface area (Å²) < 4.78 is 5.00. The van der Waals surface area contributed by atoms with Crippen molar-refractivity contribution in [3.63, 3.8) is 0 Å². The van der Waals surface area contributed by atoms with Gasteiger partial charge in [0.1, 0.15) is 5.69 Å². The van der Waals surface area contributed by atoms with E-state index in [2.05, 4.69) is 10.3 Å². The minimum absolute atomic E-state index is 0.196. The average Bonchev–Trinajstić information content (AvgIpc) is 2.27. The third kappa shape index (κ3) is 2.22. The topological polar surface area (TPSA) is 51.2 Å². The van der Waals surface area contributed by atoms with Crippen LogP contribution in [0.2, 0.25) is 0 Å². The Labute approximate surface area is 83.3 Å². The maximum Gasteiger partial charge on any atom is 0.269 e. The molecule has 0 aliphatic carbocycles. The maximum absolute atomic E-state index is 11.3. The number of ether oxygens (including phenoxy) is 1. The van der Waals surface area contributed by atoms with Crippen molar-refractivity contribution in [3.8, 4) is 5.88 Å². The fourth-order valence-electron chi connectivity index (χ4n) is 1.11. The van der Waals surface area contributed by atoms with Crippen molar-refractivity contribution in [3.05, 3.63) is 23.4 Å². The molecule has 0 unspecified atom stereocenters. The summed E-state index contributed by atoms with van der Waals surface area (Å²) in [5.41, 5.74) is 1.43. The molecule has 0 bridgehead atoms. The van der Waals surface area contributed by atoms with Gasteiger partial charge in [-0.15, -0.1) is 0 Å². The third-order valence-corrected chi connectivity index (χ3v) is 1.94. The van der Waals surface area contributed by atoms with Gasteiger partial charge in [-0.3, -0.25) is 4.79 Å². The average molecular weight is 194 g/mol. The van der Waals surface area contributed by atoms with Gasteiger partial charge in [0, 0.05) is 13.1 Å². The molecule has 0 spiro atoms. The number of aromatic nitrogens is 1. The van der Waals surface area contributed by atoms with Gasteiger partial charge in [0.05, 0.1) is 7.11 Å². The number of pyridine rings is 1. The van der Waals surface area contributed by atoms with Gasteiger partial charge in [0.25, 0.3) is 5.91 Å². The van der Waals surface area contributed by atoms with Crippen molar-refractivity contribution in [2.45, 2.75) is 13.3 Å². The summed E-state index contributed by atoms with van der Waals surface area (Å²) in [7, 11) is 3.12. The van der Waals surface area contributed by atoms with Gasteiger partial charge >= 0.3 is 0 Å². The molecule has 1 aromatic rings. The molecule has 1 amide bonds. The number of hydrogen-bond acceptors (Lipinski definition) is 3. The monoisotopic (exact) mass is 194 g/mol. The number of nitrogens with zero attached hydrogens (tertiary/aromatic N) is 1. The van der Waals surface area contributed by atoms with E-state index in [0.717, 1.165) is 12.0 Å². The van der Waals surface area contributed by atoms with Crippen LogP contribution in [0, 0.1) is 0 Å². The standard InChI is InChI=1S/C10H14N2O2/c1-4-7-5-8(10(13)11-2)12-9(6-7)14-3/h5-6H,4H2,1-3H3,(H,11,13). The van der Waals surface area contributed by atoms with Gasteiger partial charge in [-0.05, 0) is 18.1 Å². The predicted molar refractivity (Wildman–Crippen MR) is 53.6 cm³/mol. The molecule has 0 aliphatic heterocycles. The van der Waals surface area contributed by atoms with E-state index in [4.69, 9.17) is 4.74 Å². The molecular weight excluding hydrogens is 180 g/mol. The van der Waals surface area contributed by atoms with E-state index in [1.54, 1.807) is 13.1 Å². The third-order valence-electron chi connectivity index (χ3n) is 1.94. The van der Waals surface area contributed by atoms with E-state index >= 15 is 0 Å². The highest BCUT2D eigenvalue weighted by molar-refractivity contribution is 5.92. The molecule has 0 fully saturated rings. The van der Waals surface area contributed by atoms with E-state index in [0.29, 0.717) is 11.6 Å². The van der Waals surface area contributed by atoms with Crippen LogP contribution >= 0.6 is 0 Å². The van der Waals surface area contributed by atoms with Crippen LogP contribution in [-0.2, 0) is 6.42 Å². The Bertz CT molecular complexity index is 315. The van der Waals surface area contributed by atoms with Crippen molar-refractivity contribution in [1.29, 1.82) is 0 Å². The van der Waals surface area contributed by atoms with Gasteiger partial charge in [-0.25, -0.2) is 4.98 Å². The SMILES string of the molecule is CCc1cc(OC)nc(C(=O)NC)c1. The van der Waals surface area contributed by atoms with Crippen LogP contribution in [0.5, 0.6) is 5.88 Å². The number of hydrogen-bond donors (Lipinski definition) is 1. The Morgan fingerprint density at radius 2 is 2.29 bits per heavy atom. The second-order valence-electron chi connectivity index (χ2n) is 2.84. The lowest BCUT2D eigenvalue weighted by Crippen LogP contribution is -2.19. The van der Waals surface area contributed by atoms with E-state index in [-0.39, 0.29) is 5.91 Å². The first kappa shape index (κ1) is 10.5. The summed E-state index contributed by atoms with van der Waals surface area (Å²) in [5, 5.41) is 2.53. The number of nitrogens with one attached hydrogen (secondary N) is 1. The van der Waals surface area contributed by atoms with Gasteiger partial charge in [0.2, 0.25) is 5.88 Å². The van der Waals surface area contributed by atoms with Crippen LogP contribution < -0.4 is 10.1 Å². The van der Waals surface area contributed by atoms with Crippen molar-refractivity contribution in [1.82, 2.24) is 10.3 Å². The second kappa shape index (κ2) is 4.60. The molecule has 0 radical (unpaired) electrons. The van der Waals surface area contributed by atoms with Crippen molar-refractivity contribution in [2.24, 2.45) is 0 Å². The lowest BCUT2D eigenvalue weighted by Gasteiger charge is -2.05. The Kier molecular flexibility index (Phi) is 3.45. The fourth-order valence-corrected chi connectivity index (χ4v) is 1.11. The first-order valence-corrected chi connectivity index (χ1v) is 4.48. The van der Waals surface area contributed by atoms with Gasteiger partial charge in [-0.1, -0.05) is 6.92 Å². The summed E-state index contributed by atoms with van der Waals surface area (Å²) in [6.07, 6.45) is 0.850. The minimum Gasteiger partial charge on any atom is -0.481 e. The van der Waals surface area contributed by atoms with E-state index in [9.17, 15) is 4.79 Å². The molecule has 1 aromatic heterocycles. The molecule has 4 nitrogen and oxygen atoms in total. The summed E-state index contributed by atoms with van der Waals surface area (Å²) in [5.74, 6) is 0.279. The number of rotatable bonds is 3. The summed E-state index contributed by atoms with van der Waals surface area (Å²) in [6.45, 7) is 2.02. The number of methoxy groups -OCH3 is 1. The first-order valence-electron chi connectivity index (χ1n) is 4.48. The summed E-state index contributed by atoms with van der Waals surface area (Å²) >= 11 is 0. The van der Waals surface area contributed by atoms with Crippen LogP contribution in [0.4, 0.5) is 0 Å². The number of carbonyl (C=O) groups excluding carboxylic acids is 1. The Morgan fingerprint density at radius 3 is 2.79 bits per heavy atom. The van der Waals surface area contributed by atoms with Crippen molar-refractivity contribution >= 4 is 5.91 Å². The Morgan fingerprint density at radius 1 is 1.57 bits per heavy atom. The lowest BCUT2D eigenvalue weighted by molar-refractivity contribution is 0.0957. The van der Waals surface area contributed by atoms with Crippen LogP contribution in [0.15, 0.2) is 12.1 Å². The molecular formula is C10H14N2O2. The van der Waals surface area contributed by atoms with Crippen LogP contribution in [-0.4, -0.2) is 25.0 Å². The molecule has 1 N–H and O–H groups in total. The van der Waals surface area contributed by atoms with Crippen molar-refractivity contribution < 1.29 is 9.53 Å². The lowest BCUT2D eigenvalue weighted by atomic mass is 10.2. The second-order valence-corrected chi connectivity index (χ2v) is 2.84. The quantitative estimate of drug-likeness (QED) is 0.781. The number of carbonyl (C=O) groups is 1. The molecule has 0 aromatic carbocycles.